The summed E-state index contributed by atoms with van der Waals surface area (Å²) in [5.74, 6) is 1.21. The van der Waals surface area contributed by atoms with Crippen molar-refractivity contribution in [1.29, 1.82) is 0 Å². The Morgan fingerprint density at radius 3 is 2.57 bits per heavy atom. The largest absolute Gasteiger partial charge is 0.493 e. The Kier molecular flexibility index (Phi) is 6.20. The number of fused-ring (bicyclic) bond motifs is 1. The van der Waals surface area contributed by atoms with E-state index in [9.17, 15) is 9.18 Å². The van der Waals surface area contributed by atoms with E-state index < -0.39 is 0 Å². The third kappa shape index (κ3) is 4.13. The molecule has 0 spiro atoms. The molecule has 0 fully saturated rings. The minimum absolute atomic E-state index is 0.0577. The van der Waals surface area contributed by atoms with Crippen molar-refractivity contribution in [2.24, 2.45) is 0 Å². The van der Waals surface area contributed by atoms with Crippen LogP contribution in [0.5, 0.6) is 5.75 Å². The van der Waals surface area contributed by atoms with Gasteiger partial charge in [-0.25, -0.2) is 9.37 Å². The first-order valence-corrected chi connectivity index (χ1v) is 11.5. The summed E-state index contributed by atoms with van der Waals surface area (Å²) in [5, 5.41) is 1.30. The number of aromatic nitrogens is 2. The van der Waals surface area contributed by atoms with Gasteiger partial charge >= 0.3 is 0 Å². The highest BCUT2D eigenvalue weighted by atomic mass is 32.2. The van der Waals surface area contributed by atoms with Gasteiger partial charge in [-0.2, -0.15) is 0 Å². The molecule has 0 N–H and O–H groups in total. The van der Waals surface area contributed by atoms with Crippen molar-refractivity contribution in [3.05, 3.63) is 75.6 Å². The molecule has 0 aliphatic rings. The Labute approximate surface area is 182 Å². The maximum Gasteiger partial charge on any atom is 0.263 e. The first-order chi connectivity index (χ1) is 14.6. The quantitative estimate of drug-likeness (QED) is 0.208. The SMILES string of the molecule is CCn1c(SCCOc2ccccc2)nc2sc(C)c(-c3ccc(F)cc3)c2c1=O. The van der Waals surface area contributed by atoms with Crippen LogP contribution in [0.25, 0.3) is 21.3 Å². The Hall–Kier alpha value is -2.64. The van der Waals surface area contributed by atoms with Gasteiger partial charge in [-0.15, -0.1) is 11.3 Å². The molecule has 0 saturated carbocycles. The third-order valence-corrected chi connectivity index (χ3v) is 6.67. The number of hydrogen-bond acceptors (Lipinski definition) is 5. The molecule has 0 radical (unpaired) electrons. The molecule has 0 unspecified atom stereocenters. The van der Waals surface area contributed by atoms with Gasteiger partial charge in [-0.3, -0.25) is 9.36 Å². The number of nitrogens with zero attached hydrogens (tertiary/aromatic N) is 2. The molecule has 2 aromatic heterocycles. The molecule has 154 valence electrons. The van der Waals surface area contributed by atoms with E-state index in [0.29, 0.717) is 34.3 Å². The maximum absolute atomic E-state index is 13.4. The van der Waals surface area contributed by atoms with Gasteiger partial charge in [-0.05, 0) is 43.7 Å². The van der Waals surface area contributed by atoms with E-state index in [1.54, 1.807) is 16.7 Å². The summed E-state index contributed by atoms with van der Waals surface area (Å²) < 4.78 is 20.8. The van der Waals surface area contributed by atoms with Crippen molar-refractivity contribution in [3.8, 4) is 16.9 Å². The van der Waals surface area contributed by atoms with Gasteiger partial charge in [0.15, 0.2) is 5.16 Å². The molecular formula is C23H21FN2O2S2. The predicted octanol–water partition coefficient (Wildman–Crippen LogP) is 5.76. The van der Waals surface area contributed by atoms with Gasteiger partial charge in [0, 0.05) is 22.7 Å². The fourth-order valence-electron chi connectivity index (χ4n) is 3.34. The number of aryl methyl sites for hydroxylation is 1. The lowest BCUT2D eigenvalue weighted by Gasteiger charge is -2.11. The van der Waals surface area contributed by atoms with Gasteiger partial charge < -0.3 is 4.74 Å². The molecule has 2 aromatic carbocycles. The molecule has 0 aliphatic heterocycles. The highest BCUT2D eigenvalue weighted by Gasteiger charge is 2.19. The lowest BCUT2D eigenvalue weighted by molar-refractivity contribution is 0.344. The molecule has 0 amide bonds. The summed E-state index contributed by atoms with van der Waals surface area (Å²) in [6.45, 7) is 4.97. The van der Waals surface area contributed by atoms with Crippen LogP contribution in [0.3, 0.4) is 0 Å². The van der Waals surface area contributed by atoms with E-state index in [1.165, 1.54) is 35.2 Å². The lowest BCUT2D eigenvalue weighted by atomic mass is 10.0. The number of ether oxygens (including phenoxy) is 1. The van der Waals surface area contributed by atoms with E-state index in [4.69, 9.17) is 9.72 Å². The maximum atomic E-state index is 13.4. The zero-order valence-electron chi connectivity index (χ0n) is 16.7. The van der Waals surface area contributed by atoms with E-state index in [-0.39, 0.29) is 11.4 Å². The van der Waals surface area contributed by atoms with Gasteiger partial charge in [0.05, 0.1) is 12.0 Å². The first-order valence-electron chi connectivity index (χ1n) is 9.69. The number of hydrogen-bond donors (Lipinski definition) is 0. The molecule has 0 aliphatic carbocycles. The van der Waals surface area contributed by atoms with Gasteiger partial charge in [0.2, 0.25) is 0 Å². The molecule has 0 bridgehead atoms. The summed E-state index contributed by atoms with van der Waals surface area (Å²) in [4.78, 5) is 19.8. The van der Waals surface area contributed by atoms with E-state index >= 15 is 0 Å². The summed E-state index contributed by atoms with van der Waals surface area (Å²) in [5.41, 5.74) is 1.62. The number of halogens is 1. The smallest absolute Gasteiger partial charge is 0.263 e. The van der Waals surface area contributed by atoms with Crippen LogP contribution in [0.15, 0.2) is 64.5 Å². The van der Waals surface area contributed by atoms with E-state index in [1.807, 2.05) is 44.2 Å². The van der Waals surface area contributed by atoms with E-state index in [2.05, 4.69) is 0 Å². The molecule has 2 heterocycles. The fraction of sp³-hybridized carbons (Fsp3) is 0.217. The zero-order chi connectivity index (χ0) is 21.1. The third-order valence-electron chi connectivity index (χ3n) is 4.73. The average Bonchev–Trinajstić information content (AvgIpc) is 3.09. The van der Waals surface area contributed by atoms with Crippen LogP contribution in [0, 0.1) is 12.7 Å². The molecule has 4 rings (SSSR count). The number of benzene rings is 2. The number of rotatable bonds is 7. The van der Waals surface area contributed by atoms with E-state index in [0.717, 1.165) is 21.8 Å². The summed E-state index contributed by atoms with van der Waals surface area (Å²) in [6.07, 6.45) is 0. The molecule has 4 aromatic rings. The minimum atomic E-state index is -0.295. The standard InChI is InChI=1S/C23H21FN2O2S2/c1-3-26-22(27)20-19(16-9-11-17(24)12-10-16)15(2)30-21(20)25-23(26)29-14-13-28-18-7-5-4-6-8-18/h4-12H,3,13-14H2,1-2H3. The molecule has 30 heavy (non-hydrogen) atoms. The second kappa shape index (κ2) is 9.02. The highest BCUT2D eigenvalue weighted by Crippen LogP contribution is 2.36. The highest BCUT2D eigenvalue weighted by molar-refractivity contribution is 7.99. The Bertz CT molecular complexity index is 1220. The summed E-state index contributed by atoms with van der Waals surface area (Å²) >= 11 is 3.02. The predicted molar refractivity (Wildman–Crippen MR) is 122 cm³/mol. The Balaban J connectivity index is 1.64. The number of thiophene rings is 1. The van der Waals surface area contributed by atoms with Gasteiger partial charge in [-0.1, -0.05) is 42.1 Å². The van der Waals surface area contributed by atoms with Crippen LogP contribution >= 0.6 is 23.1 Å². The van der Waals surface area contributed by atoms with Crippen LogP contribution in [0.1, 0.15) is 11.8 Å². The molecular weight excluding hydrogens is 419 g/mol. The number of para-hydroxylation sites is 1. The van der Waals surface area contributed by atoms with Crippen LogP contribution in [-0.4, -0.2) is 21.9 Å². The summed E-state index contributed by atoms with van der Waals surface area (Å²) in [6, 6.07) is 15.9. The van der Waals surface area contributed by atoms with Crippen molar-refractivity contribution in [1.82, 2.24) is 9.55 Å². The monoisotopic (exact) mass is 440 g/mol. The van der Waals surface area contributed by atoms with Crippen molar-refractivity contribution in [2.75, 3.05) is 12.4 Å². The van der Waals surface area contributed by atoms with Gasteiger partial charge in [0.25, 0.3) is 5.56 Å². The molecule has 0 atom stereocenters. The zero-order valence-corrected chi connectivity index (χ0v) is 18.4. The Morgan fingerprint density at radius 1 is 1.13 bits per heavy atom. The van der Waals surface area contributed by atoms with Crippen LogP contribution < -0.4 is 10.3 Å². The van der Waals surface area contributed by atoms with Crippen LogP contribution in [0.4, 0.5) is 4.39 Å². The first kappa shape index (κ1) is 20.6. The molecule has 4 nitrogen and oxygen atoms in total. The van der Waals surface area contributed by atoms with Crippen molar-refractivity contribution in [2.45, 2.75) is 25.5 Å². The lowest BCUT2D eigenvalue weighted by Crippen LogP contribution is -2.22. The molecule has 7 heteroatoms. The fourth-order valence-corrected chi connectivity index (χ4v) is 5.30. The van der Waals surface area contributed by atoms with Crippen molar-refractivity contribution < 1.29 is 9.13 Å². The summed E-state index contributed by atoms with van der Waals surface area (Å²) in [7, 11) is 0. The van der Waals surface area contributed by atoms with Crippen molar-refractivity contribution >= 4 is 33.3 Å². The second-order valence-electron chi connectivity index (χ2n) is 6.67. The van der Waals surface area contributed by atoms with Gasteiger partial charge in [0.1, 0.15) is 16.4 Å². The van der Waals surface area contributed by atoms with Crippen LogP contribution in [-0.2, 0) is 6.54 Å². The second-order valence-corrected chi connectivity index (χ2v) is 8.94. The minimum Gasteiger partial charge on any atom is -0.493 e. The molecule has 0 saturated heterocycles. The Morgan fingerprint density at radius 2 is 1.87 bits per heavy atom. The normalized spacial score (nSPS) is 11.2. The number of thioether (sulfide) groups is 1. The van der Waals surface area contributed by atoms with Crippen molar-refractivity contribution in [3.63, 3.8) is 0 Å². The average molecular weight is 441 g/mol. The topological polar surface area (TPSA) is 44.1 Å². The van der Waals surface area contributed by atoms with Crippen LogP contribution in [0.2, 0.25) is 0 Å².